The van der Waals surface area contributed by atoms with Crippen molar-refractivity contribution in [2.45, 2.75) is 52.1 Å². The van der Waals surface area contributed by atoms with Gasteiger partial charge in [-0.2, -0.15) is 17.6 Å². The largest absolute Gasteiger partial charge is 0.404 e. The van der Waals surface area contributed by atoms with E-state index in [9.17, 15) is 13.9 Å². The fourth-order valence-electron chi connectivity index (χ4n) is 4.42. The first kappa shape index (κ1) is 36.6. The standard InChI is InChI=1S/C31H37F4NO7P2/c1-5-40-44(38,41-6-2)30(32,33)27-18-14-24(15-19-27)22-36(29(37)26-12-10-9-11-13-26)23-25-16-20-28(21-17-25)31(34,35)45(39,42-7-3)43-8-4/h9-21H,5-8,22-23H2,1-4H3. The van der Waals surface area contributed by atoms with Gasteiger partial charge in [0.05, 0.1) is 26.4 Å². The number of alkyl halides is 4. The molecule has 0 unspecified atom stereocenters. The first-order valence-electron chi connectivity index (χ1n) is 14.4. The Labute approximate surface area is 260 Å². The summed E-state index contributed by atoms with van der Waals surface area (Å²) in [4.78, 5) is 14.9. The Kier molecular flexibility index (Phi) is 12.7. The minimum absolute atomic E-state index is 0.0318. The van der Waals surface area contributed by atoms with Gasteiger partial charge in [-0.1, -0.05) is 66.7 Å². The summed E-state index contributed by atoms with van der Waals surface area (Å²) in [5, 5.41) is 0. The van der Waals surface area contributed by atoms with Gasteiger partial charge in [-0.15, -0.1) is 0 Å². The molecule has 3 aromatic carbocycles. The third kappa shape index (κ3) is 8.30. The zero-order chi connectivity index (χ0) is 33.3. The van der Waals surface area contributed by atoms with E-state index in [0.717, 1.165) is 24.3 Å². The summed E-state index contributed by atoms with van der Waals surface area (Å²) in [5.74, 6) is -0.395. The molecule has 0 aliphatic rings. The normalized spacial score (nSPS) is 12.7. The number of benzene rings is 3. The molecule has 0 aromatic heterocycles. The zero-order valence-electron chi connectivity index (χ0n) is 25.5. The lowest BCUT2D eigenvalue weighted by Crippen LogP contribution is -2.30. The summed E-state index contributed by atoms with van der Waals surface area (Å²) in [6, 6.07) is 18.2. The molecule has 0 radical (unpaired) electrons. The highest BCUT2D eigenvalue weighted by Crippen LogP contribution is 2.67. The van der Waals surface area contributed by atoms with Crippen LogP contribution in [0.4, 0.5) is 17.6 Å². The first-order chi connectivity index (χ1) is 21.3. The average Bonchev–Trinajstić information content (AvgIpc) is 3.01. The Morgan fingerprint density at radius 2 is 0.933 bits per heavy atom. The van der Waals surface area contributed by atoms with E-state index in [1.807, 2.05) is 0 Å². The molecule has 45 heavy (non-hydrogen) atoms. The van der Waals surface area contributed by atoms with Crippen molar-refractivity contribution in [3.05, 3.63) is 107 Å². The summed E-state index contributed by atoms with van der Waals surface area (Å²) in [6.45, 7) is 4.72. The van der Waals surface area contributed by atoms with Crippen LogP contribution in [0.25, 0.3) is 0 Å². The van der Waals surface area contributed by atoms with E-state index in [0.29, 0.717) is 16.7 Å². The van der Waals surface area contributed by atoms with E-state index in [-0.39, 0.29) is 39.5 Å². The number of carbonyl (C=O) groups is 1. The van der Waals surface area contributed by atoms with Gasteiger partial charge in [0.15, 0.2) is 0 Å². The molecule has 1 amide bonds. The van der Waals surface area contributed by atoms with Gasteiger partial charge in [-0.3, -0.25) is 13.9 Å². The summed E-state index contributed by atoms with van der Waals surface area (Å²) >= 11 is 0. The van der Waals surface area contributed by atoms with Gasteiger partial charge in [-0.05, 0) is 51.0 Å². The molecule has 246 valence electrons. The highest BCUT2D eigenvalue weighted by molar-refractivity contribution is 7.55. The maximum Gasteiger partial charge on any atom is 0.404 e. The molecule has 0 aliphatic heterocycles. The number of nitrogens with zero attached hydrogens (tertiary/aromatic N) is 1. The highest BCUT2D eigenvalue weighted by Gasteiger charge is 2.55. The summed E-state index contributed by atoms with van der Waals surface area (Å²) in [7, 11) is -9.62. The number of amides is 1. The van der Waals surface area contributed by atoms with E-state index >= 15 is 17.6 Å². The summed E-state index contributed by atoms with van der Waals surface area (Å²) < 4.78 is 106. The van der Waals surface area contributed by atoms with Crippen LogP contribution in [0.2, 0.25) is 0 Å². The van der Waals surface area contributed by atoms with Crippen LogP contribution >= 0.6 is 15.2 Å². The zero-order valence-corrected chi connectivity index (χ0v) is 27.2. The van der Waals surface area contributed by atoms with Crippen LogP contribution in [0, 0.1) is 0 Å². The molecule has 8 nitrogen and oxygen atoms in total. The highest BCUT2D eigenvalue weighted by atomic mass is 31.2. The molecule has 0 aliphatic carbocycles. The molecule has 0 bridgehead atoms. The van der Waals surface area contributed by atoms with Gasteiger partial charge in [0.25, 0.3) is 5.91 Å². The third-order valence-electron chi connectivity index (χ3n) is 6.54. The smallest absolute Gasteiger partial charge is 0.330 e. The molecule has 0 heterocycles. The van der Waals surface area contributed by atoms with Crippen LogP contribution in [-0.4, -0.2) is 37.2 Å². The van der Waals surface area contributed by atoms with Crippen LogP contribution < -0.4 is 0 Å². The maximum absolute atomic E-state index is 15.2. The molecular formula is C31H37F4NO7P2. The van der Waals surface area contributed by atoms with Crippen molar-refractivity contribution in [1.82, 2.24) is 4.90 Å². The van der Waals surface area contributed by atoms with E-state index in [1.165, 1.54) is 56.9 Å². The van der Waals surface area contributed by atoms with Crippen LogP contribution in [0.15, 0.2) is 78.9 Å². The lowest BCUT2D eigenvalue weighted by molar-refractivity contribution is 0.0360. The van der Waals surface area contributed by atoms with Crippen molar-refractivity contribution in [2.24, 2.45) is 0 Å². The van der Waals surface area contributed by atoms with Crippen molar-refractivity contribution >= 4 is 21.1 Å². The predicted octanol–water partition coefficient (Wildman–Crippen LogP) is 9.16. The Bertz CT molecular complexity index is 1380. The molecule has 0 saturated carbocycles. The van der Waals surface area contributed by atoms with Crippen molar-refractivity contribution in [1.29, 1.82) is 0 Å². The Morgan fingerprint density at radius 3 is 1.24 bits per heavy atom. The molecule has 0 saturated heterocycles. The van der Waals surface area contributed by atoms with Crippen LogP contribution in [0.5, 0.6) is 0 Å². The first-order valence-corrected chi connectivity index (χ1v) is 17.4. The lowest BCUT2D eigenvalue weighted by Gasteiger charge is -2.27. The van der Waals surface area contributed by atoms with Gasteiger partial charge in [0.1, 0.15) is 0 Å². The van der Waals surface area contributed by atoms with Gasteiger partial charge in [0, 0.05) is 29.8 Å². The second-order valence-corrected chi connectivity index (χ2v) is 13.8. The molecule has 0 fully saturated rings. The monoisotopic (exact) mass is 673 g/mol. The Morgan fingerprint density at radius 1 is 0.600 bits per heavy atom. The van der Waals surface area contributed by atoms with Crippen LogP contribution in [0.3, 0.4) is 0 Å². The van der Waals surface area contributed by atoms with Crippen LogP contribution in [0.1, 0.15) is 60.3 Å². The van der Waals surface area contributed by atoms with E-state index in [2.05, 4.69) is 0 Å². The number of rotatable bonds is 17. The predicted molar refractivity (Wildman–Crippen MR) is 162 cm³/mol. The second-order valence-electron chi connectivity index (χ2n) is 9.67. The Hall–Kier alpha value is -2.85. The van der Waals surface area contributed by atoms with Crippen molar-refractivity contribution in [2.75, 3.05) is 26.4 Å². The third-order valence-corrected chi connectivity index (χ3v) is 10.8. The van der Waals surface area contributed by atoms with Gasteiger partial charge < -0.3 is 23.0 Å². The topological polar surface area (TPSA) is 91.4 Å². The molecule has 14 heteroatoms. The van der Waals surface area contributed by atoms with Crippen molar-refractivity contribution in [3.8, 4) is 0 Å². The minimum Gasteiger partial charge on any atom is -0.330 e. The Balaban J connectivity index is 1.90. The lowest BCUT2D eigenvalue weighted by atomic mass is 10.1. The molecule has 3 rings (SSSR count). The summed E-state index contributed by atoms with van der Waals surface area (Å²) in [5.41, 5.74) is -7.70. The quantitative estimate of drug-likeness (QED) is 0.104. The van der Waals surface area contributed by atoms with Gasteiger partial charge in [-0.25, -0.2) is 0 Å². The molecule has 0 N–H and O–H groups in total. The van der Waals surface area contributed by atoms with Gasteiger partial charge in [0.2, 0.25) is 0 Å². The number of halogens is 4. The second kappa shape index (κ2) is 15.6. The van der Waals surface area contributed by atoms with E-state index in [1.54, 1.807) is 30.3 Å². The molecule has 0 spiro atoms. The minimum atomic E-state index is -4.81. The number of carbonyl (C=O) groups excluding carboxylic acids is 1. The van der Waals surface area contributed by atoms with E-state index in [4.69, 9.17) is 18.1 Å². The van der Waals surface area contributed by atoms with E-state index < -0.39 is 43.6 Å². The van der Waals surface area contributed by atoms with Gasteiger partial charge >= 0.3 is 26.5 Å². The number of hydrogen-bond donors (Lipinski definition) is 0. The van der Waals surface area contributed by atoms with Crippen LogP contribution in [-0.2, 0) is 51.6 Å². The molecular weight excluding hydrogens is 636 g/mol. The average molecular weight is 674 g/mol. The maximum atomic E-state index is 15.2. The van der Waals surface area contributed by atoms with Crippen molar-refractivity contribution < 1.29 is 49.6 Å². The fraction of sp³-hybridized carbons (Fsp3) is 0.387. The fourth-order valence-corrected chi connectivity index (χ4v) is 7.51. The molecule has 3 aromatic rings. The summed E-state index contributed by atoms with van der Waals surface area (Å²) in [6.07, 6.45) is 0. The molecule has 0 atom stereocenters. The number of hydrogen-bond acceptors (Lipinski definition) is 7. The SMILES string of the molecule is CCOP(=O)(OCC)C(F)(F)c1ccc(CN(Cc2ccc(C(F)(F)P(=O)(OCC)OCC)cc2)C(=O)c2ccccc2)cc1. The van der Waals surface area contributed by atoms with Crippen molar-refractivity contribution in [3.63, 3.8) is 0 Å².